The molecule has 0 bridgehead atoms. The van der Waals surface area contributed by atoms with Gasteiger partial charge in [-0.1, -0.05) is 75.6 Å². The minimum Gasteiger partial charge on any atom is -0.677 e. The first-order chi connectivity index (χ1) is 20.0. The van der Waals surface area contributed by atoms with Crippen LogP contribution in [0.3, 0.4) is 0 Å². The van der Waals surface area contributed by atoms with Crippen molar-refractivity contribution in [3.05, 3.63) is 71.0 Å². The zero-order chi connectivity index (χ0) is 29.9. The SMILES string of the molecule is CCCCC[NH-].CCCOCCNC(=O)CN=CN1Cc2ccccc2/C(N)=C(/N(N)CCOO)c2ccccc21.[Y]. The number of para-hydroxylation sites is 1. The van der Waals surface area contributed by atoms with Gasteiger partial charge in [0, 0.05) is 63.5 Å². The molecule has 1 radical (unpaired) electrons. The third-order valence-corrected chi connectivity index (χ3v) is 6.24. The largest absolute Gasteiger partial charge is 0.677 e. The van der Waals surface area contributed by atoms with Gasteiger partial charge >= 0.3 is 0 Å². The summed E-state index contributed by atoms with van der Waals surface area (Å²) in [5.41, 5.74) is 17.9. The Labute approximate surface area is 275 Å². The van der Waals surface area contributed by atoms with E-state index >= 15 is 0 Å². The number of carbonyl (C=O) groups excluding carboxylic acids is 1. The van der Waals surface area contributed by atoms with Crippen molar-refractivity contribution in [3.63, 3.8) is 0 Å². The van der Waals surface area contributed by atoms with Gasteiger partial charge < -0.3 is 31.4 Å². The van der Waals surface area contributed by atoms with E-state index in [2.05, 4.69) is 22.1 Å². The number of carbonyl (C=O) groups is 1. The fraction of sp³-hybridized carbons (Fsp3) is 0.467. The first-order valence-electron chi connectivity index (χ1n) is 14.2. The molecular weight excluding hydrogens is 611 g/mol. The first kappa shape index (κ1) is 37.6. The molecule has 0 spiro atoms. The van der Waals surface area contributed by atoms with Gasteiger partial charge in [-0.15, -0.1) is 0 Å². The number of ether oxygens (including phenoxy) is 1. The van der Waals surface area contributed by atoms with Gasteiger partial charge in [-0.25, -0.2) is 10.7 Å². The molecule has 229 valence electrons. The summed E-state index contributed by atoms with van der Waals surface area (Å²) in [5.74, 6) is 6.19. The third kappa shape index (κ3) is 12.5. The van der Waals surface area contributed by atoms with E-state index in [0.29, 0.717) is 44.2 Å². The van der Waals surface area contributed by atoms with Gasteiger partial charge in [-0.3, -0.25) is 15.0 Å². The predicted octanol–water partition coefficient (Wildman–Crippen LogP) is 4.25. The van der Waals surface area contributed by atoms with Crippen LogP contribution in [0.1, 0.15) is 56.2 Å². The van der Waals surface area contributed by atoms with Gasteiger partial charge in [-0.05, 0) is 18.1 Å². The van der Waals surface area contributed by atoms with Gasteiger partial charge in [0.05, 0.1) is 36.6 Å². The van der Waals surface area contributed by atoms with E-state index in [0.717, 1.165) is 35.2 Å². The molecule has 12 heteroatoms. The van der Waals surface area contributed by atoms with E-state index < -0.39 is 0 Å². The van der Waals surface area contributed by atoms with Gasteiger partial charge in [0.25, 0.3) is 0 Å². The van der Waals surface area contributed by atoms with Crippen LogP contribution in [0.5, 0.6) is 0 Å². The molecule has 1 aliphatic heterocycles. The number of rotatable bonds is 15. The molecule has 1 heterocycles. The second kappa shape index (κ2) is 22.2. The van der Waals surface area contributed by atoms with E-state index in [-0.39, 0.29) is 58.3 Å². The summed E-state index contributed by atoms with van der Waals surface area (Å²) in [4.78, 5) is 22.8. The number of anilines is 1. The van der Waals surface area contributed by atoms with Crippen LogP contribution in [0.25, 0.3) is 17.1 Å². The molecule has 0 unspecified atom stereocenters. The summed E-state index contributed by atoms with van der Waals surface area (Å²) in [7, 11) is 0. The number of unbranched alkanes of at least 4 members (excludes halogenated alkanes) is 2. The number of nitrogens with zero attached hydrogens (tertiary/aromatic N) is 3. The quantitative estimate of drug-likeness (QED) is 0.0552. The second-order valence-electron chi connectivity index (χ2n) is 9.47. The Balaban J connectivity index is 0.00000114. The van der Waals surface area contributed by atoms with Gasteiger partial charge in [0.2, 0.25) is 5.91 Å². The Morgan fingerprint density at radius 3 is 2.48 bits per heavy atom. The zero-order valence-corrected chi connectivity index (χ0v) is 27.8. The Hall–Kier alpha value is -2.38. The maximum Gasteiger partial charge on any atom is 0.241 e. The summed E-state index contributed by atoms with van der Waals surface area (Å²) in [6.07, 6.45) is 6.15. The van der Waals surface area contributed by atoms with E-state index in [1.165, 1.54) is 17.9 Å². The molecule has 0 aromatic heterocycles. The van der Waals surface area contributed by atoms with Crippen LogP contribution in [0.2, 0.25) is 0 Å². The van der Waals surface area contributed by atoms with Crippen molar-refractivity contribution in [2.75, 3.05) is 50.9 Å². The topological polar surface area (TPSA) is 162 Å². The Morgan fingerprint density at radius 2 is 1.81 bits per heavy atom. The first-order valence-corrected chi connectivity index (χ1v) is 14.2. The zero-order valence-electron chi connectivity index (χ0n) is 24.9. The minimum absolute atomic E-state index is 0. The van der Waals surface area contributed by atoms with Crippen molar-refractivity contribution in [2.24, 2.45) is 16.6 Å². The molecule has 1 amide bonds. The van der Waals surface area contributed by atoms with Crippen molar-refractivity contribution in [3.8, 4) is 0 Å². The third-order valence-electron chi connectivity index (χ3n) is 6.24. The molecule has 0 atom stereocenters. The van der Waals surface area contributed by atoms with E-state index in [9.17, 15) is 4.79 Å². The maximum absolute atomic E-state index is 12.2. The average Bonchev–Trinajstić information content (AvgIpc) is 2.98. The second-order valence-corrected chi connectivity index (χ2v) is 9.47. The van der Waals surface area contributed by atoms with Crippen molar-refractivity contribution in [1.82, 2.24) is 10.3 Å². The Morgan fingerprint density at radius 1 is 1.10 bits per heavy atom. The standard InChI is InChI=1S/C25H34N6O4.C5H12N.Y/c1-2-13-34-14-11-29-23(32)16-28-18-30-17-19-7-3-4-8-20(19)24(26)25(31(27)12-15-35-33)21-9-5-6-10-22(21)30;1-2-3-4-5-6;/h3-10,18,33H,2,11-17,26-27H2,1H3,(H,29,32);6H,2-5H2,1H3;/q;-1;/b25-24-,28-18?;;. The fourth-order valence-electron chi connectivity index (χ4n) is 4.21. The molecule has 11 nitrogen and oxygen atoms in total. The maximum atomic E-state index is 12.2. The summed E-state index contributed by atoms with van der Waals surface area (Å²) in [6, 6.07) is 15.5. The van der Waals surface area contributed by atoms with E-state index in [1.54, 1.807) is 6.34 Å². The van der Waals surface area contributed by atoms with Crippen LogP contribution in [-0.4, -0.2) is 68.5 Å². The van der Waals surface area contributed by atoms with E-state index in [1.807, 2.05) is 60.4 Å². The fourth-order valence-corrected chi connectivity index (χ4v) is 4.21. The molecule has 2 aromatic carbocycles. The van der Waals surface area contributed by atoms with Gasteiger partial charge in [0.15, 0.2) is 0 Å². The monoisotopic (exact) mass is 657 g/mol. The normalized spacial score (nSPS) is 14.1. The number of hydrogen-bond acceptors (Lipinski definition) is 8. The van der Waals surface area contributed by atoms with Gasteiger partial charge in [0.1, 0.15) is 13.2 Å². The Kier molecular flexibility index (Phi) is 19.9. The summed E-state index contributed by atoms with van der Waals surface area (Å²) >= 11 is 0. The van der Waals surface area contributed by atoms with Gasteiger partial charge in [-0.2, -0.15) is 6.54 Å². The summed E-state index contributed by atoms with van der Waals surface area (Å²) < 4.78 is 5.38. The number of benzene rings is 2. The Bertz CT molecular complexity index is 1110. The number of hydrazine groups is 1. The molecule has 1 aliphatic rings. The van der Waals surface area contributed by atoms with E-state index in [4.69, 9.17) is 27.3 Å². The molecule has 2 aromatic rings. The van der Waals surface area contributed by atoms with Crippen LogP contribution < -0.4 is 21.8 Å². The van der Waals surface area contributed by atoms with Crippen LogP contribution in [0.4, 0.5) is 5.69 Å². The molecule has 0 fully saturated rings. The van der Waals surface area contributed by atoms with Crippen molar-refractivity contribution >= 4 is 29.3 Å². The number of hydrogen-bond donors (Lipinski definition) is 4. The molecule has 7 N–H and O–H groups in total. The summed E-state index contributed by atoms with van der Waals surface area (Å²) in [6.45, 7) is 7.13. The van der Waals surface area contributed by atoms with Crippen molar-refractivity contribution in [1.29, 1.82) is 0 Å². The van der Waals surface area contributed by atoms with Crippen molar-refractivity contribution in [2.45, 2.75) is 46.1 Å². The number of nitrogens with one attached hydrogen (secondary N) is 2. The molecule has 0 aliphatic carbocycles. The molecular formula is C30H46N7O4Y-. The smallest absolute Gasteiger partial charge is 0.241 e. The minimum atomic E-state index is -0.177. The number of fused-ring (bicyclic) bond motifs is 2. The molecule has 3 rings (SSSR count). The number of aliphatic imine (C=N–C) groups is 1. The van der Waals surface area contributed by atoms with Crippen LogP contribution in [0.15, 0.2) is 53.5 Å². The molecule has 42 heavy (non-hydrogen) atoms. The van der Waals surface area contributed by atoms with Crippen LogP contribution in [0, 0.1) is 0 Å². The van der Waals surface area contributed by atoms with Crippen molar-refractivity contribution < 1.29 is 52.4 Å². The molecule has 0 saturated heterocycles. The molecule has 0 saturated carbocycles. The number of nitrogens with two attached hydrogens (primary N) is 2. The van der Waals surface area contributed by atoms with Crippen LogP contribution >= 0.6 is 0 Å². The van der Waals surface area contributed by atoms with Crippen LogP contribution in [-0.2, 0) is 53.7 Å². The predicted molar refractivity (Wildman–Crippen MR) is 166 cm³/mol. The average molecular weight is 658 g/mol. The summed E-state index contributed by atoms with van der Waals surface area (Å²) in [5, 5.41) is 13.1. The number of amides is 1.